The number of carbonyl (C=O) groups is 1. The second-order valence-electron chi connectivity index (χ2n) is 3.28. The van der Waals surface area contributed by atoms with Gasteiger partial charge in [0.1, 0.15) is 6.10 Å². The van der Waals surface area contributed by atoms with Crippen LogP contribution >= 0.6 is 22.9 Å². The Morgan fingerprint density at radius 1 is 1.65 bits per heavy atom. The molecule has 7 heteroatoms. The van der Waals surface area contributed by atoms with E-state index in [0.29, 0.717) is 4.88 Å². The van der Waals surface area contributed by atoms with Crippen molar-refractivity contribution in [2.75, 3.05) is 12.5 Å². The number of rotatable bonds is 6. The summed E-state index contributed by atoms with van der Waals surface area (Å²) in [5, 5.41) is 19.5. The molecule has 0 spiro atoms. The highest BCUT2D eigenvalue weighted by molar-refractivity contribution is 7.10. The molecule has 0 aliphatic carbocycles. The third-order valence-corrected chi connectivity index (χ3v) is 3.22. The second kappa shape index (κ2) is 6.90. The van der Waals surface area contributed by atoms with Crippen LogP contribution in [0.4, 0.5) is 0 Å². The number of hydrogen-bond acceptors (Lipinski definition) is 6. The van der Waals surface area contributed by atoms with Gasteiger partial charge in [-0.1, -0.05) is 0 Å². The van der Waals surface area contributed by atoms with Gasteiger partial charge in [0.2, 0.25) is 0 Å². The highest BCUT2D eigenvalue weighted by Crippen LogP contribution is 2.26. The van der Waals surface area contributed by atoms with Gasteiger partial charge in [0.15, 0.2) is 5.69 Å². The van der Waals surface area contributed by atoms with Crippen molar-refractivity contribution in [1.29, 1.82) is 0 Å². The summed E-state index contributed by atoms with van der Waals surface area (Å²) in [5.74, 6) is -0.368. The van der Waals surface area contributed by atoms with Crippen molar-refractivity contribution in [2.24, 2.45) is 0 Å². The fourth-order valence-electron chi connectivity index (χ4n) is 1.26. The zero-order chi connectivity index (χ0) is 12.8. The second-order valence-corrected chi connectivity index (χ2v) is 4.54. The molecule has 0 aliphatic rings. The SMILES string of the molecule is CCOC(=O)c1ncsc1C(O)C(O)CCCl. The first-order valence-electron chi connectivity index (χ1n) is 5.14. The van der Waals surface area contributed by atoms with Gasteiger partial charge in [-0.15, -0.1) is 22.9 Å². The van der Waals surface area contributed by atoms with Crippen LogP contribution in [0.2, 0.25) is 0 Å². The van der Waals surface area contributed by atoms with Crippen molar-refractivity contribution in [3.8, 4) is 0 Å². The normalized spacial score (nSPS) is 14.4. The average Bonchev–Trinajstić information content (AvgIpc) is 2.77. The van der Waals surface area contributed by atoms with Gasteiger partial charge in [0.25, 0.3) is 0 Å². The predicted molar refractivity (Wildman–Crippen MR) is 64.4 cm³/mol. The van der Waals surface area contributed by atoms with Crippen LogP contribution in [0, 0.1) is 0 Å². The van der Waals surface area contributed by atoms with E-state index in [0.717, 1.165) is 11.3 Å². The van der Waals surface area contributed by atoms with E-state index in [9.17, 15) is 15.0 Å². The maximum atomic E-state index is 11.5. The summed E-state index contributed by atoms with van der Waals surface area (Å²) in [6, 6.07) is 0. The molecule has 0 aromatic carbocycles. The van der Waals surface area contributed by atoms with Crippen LogP contribution in [0.3, 0.4) is 0 Å². The Morgan fingerprint density at radius 3 is 2.94 bits per heavy atom. The van der Waals surface area contributed by atoms with Crippen LogP contribution in [0.1, 0.15) is 34.8 Å². The van der Waals surface area contributed by atoms with Crippen molar-refractivity contribution < 1.29 is 19.7 Å². The number of aliphatic hydroxyl groups is 2. The lowest BCUT2D eigenvalue weighted by Gasteiger charge is -2.15. The molecule has 2 N–H and O–H groups in total. The molecule has 1 rings (SSSR count). The minimum absolute atomic E-state index is 0.0537. The summed E-state index contributed by atoms with van der Waals surface area (Å²) in [6.45, 7) is 1.92. The van der Waals surface area contributed by atoms with Gasteiger partial charge in [-0.2, -0.15) is 0 Å². The molecule has 0 saturated carbocycles. The fraction of sp³-hybridized carbons (Fsp3) is 0.600. The highest BCUT2D eigenvalue weighted by Gasteiger charge is 2.26. The Kier molecular flexibility index (Phi) is 5.84. The number of esters is 1. The van der Waals surface area contributed by atoms with Crippen LogP contribution in [0.15, 0.2) is 5.51 Å². The first kappa shape index (κ1) is 14.4. The van der Waals surface area contributed by atoms with Crippen LogP contribution < -0.4 is 0 Å². The number of aliphatic hydroxyl groups excluding tert-OH is 2. The third kappa shape index (κ3) is 3.64. The molecule has 0 amide bonds. The van der Waals surface area contributed by atoms with Gasteiger partial charge in [-0.25, -0.2) is 9.78 Å². The largest absolute Gasteiger partial charge is 0.461 e. The van der Waals surface area contributed by atoms with Gasteiger partial charge in [0.05, 0.1) is 23.1 Å². The lowest BCUT2D eigenvalue weighted by Crippen LogP contribution is -2.20. The molecule has 0 radical (unpaired) electrons. The minimum atomic E-state index is -1.17. The van der Waals surface area contributed by atoms with Gasteiger partial charge >= 0.3 is 5.97 Å². The molecular weight excluding hydrogens is 266 g/mol. The summed E-state index contributed by atoms with van der Waals surface area (Å²) < 4.78 is 4.80. The number of aromatic nitrogens is 1. The maximum absolute atomic E-state index is 11.5. The number of alkyl halides is 1. The zero-order valence-corrected chi connectivity index (χ0v) is 10.9. The summed E-state index contributed by atoms with van der Waals surface area (Å²) >= 11 is 6.58. The van der Waals surface area contributed by atoms with Crippen molar-refractivity contribution in [3.05, 3.63) is 16.1 Å². The molecule has 17 heavy (non-hydrogen) atoms. The summed E-state index contributed by atoms with van der Waals surface area (Å²) in [4.78, 5) is 15.7. The van der Waals surface area contributed by atoms with Crippen LogP contribution in [-0.4, -0.2) is 39.8 Å². The maximum Gasteiger partial charge on any atom is 0.358 e. The summed E-state index contributed by atoms with van der Waals surface area (Å²) in [7, 11) is 0. The molecule has 0 aliphatic heterocycles. The van der Waals surface area contributed by atoms with Crippen LogP contribution in [0.5, 0.6) is 0 Å². The lowest BCUT2D eigenvalue weighted by molar-refractivity contribution is 0.0174. The predicted octanol–water partition coefficient (Wildman–Crippen LogP) is 1.34. The number of carbonyl (C=O) groups excluding carboxylic acids is 1. The first-order valence-corrected chi connectivity index (χ1v) is 6.55. The smallest absolute Gasteiger partial charge is 0.358 e. The topological polar surface area (TPSA) is 79.7 Å². The Bertz CT molecular complexity index is 371. The van der Waals surface area contributed by atoms with Crippen molar-refractivity contribution in [3.63, 3.8) is 0 Å². The van der Waals surface area contributed by atoms with Crippen LogP contribution in [-0.2, 0) is 4.74 Å². The number of nitrogens with zero attached hydrogens (tertiary/aromatic N) is 1. The molecule has 2 unspecified atom stereocenters. The monoisotopic (exact) mass is 279 g/mol. The van der Waals surface area contributed by atoms with E-state index in [2.05, 4.69) is 4.98 Å². The fourth-order valence-corrected chi connectivity index (χ4v) is 2.30. The number of halogens is 1. The molecule has 5 nitrogen and oxygen atoms in total. The van der Waals surface area contributed by atoms with E-state index < -0.39 is 18.2 Å². The third-order valence-electron chi connectivity index (χ3n) is 2.10. The molecule has 1 heterocycles. The standard InChI is InChI=1S/C10H14ClNO4S/c1-2-16-10(15)7-9(17-5-12-7)8(14)6(13)3-4-11/h5-6,8,13-14H,2-4H2,1H3. The molecule has 1 aromatic heterocycles. The number of ether oxygens (including phenoxy) is 1. The molecule has 2 atom stereocenters. The van der Waals surface area contributed by atoms with Crippen molar-refractivity contribution >= 4 is 28.9 Å². The Labute approximate surface area is 108 Å². The molecular formula is C10H14ClNO4S. The number of hydrogen-bond donors (Lipinski definition) is 2. The molecule has 1 aromatic rings. The Morgan fingerprint density at radius 2 is 2.35 bits per heavy atom. The van der Waals surface area contributed by atoms with E-state index in [-0.39, 0.29) is 24.6 Å². The number of thiazole rings is 1. The van der Waals surface area contributed by atoms with Crippen molar-refractivity contribution in [2.45, 2.75) is 25.6 Å². The van der Waals surface area contributed by atoms with Gasteiger partial charge in [-0.3, -0.25) is 0 Å². The minimum Gasteiger partial charge on any atom is -0.461 e. The average molecular weight is 280 g/mol. The molecule has 0 saturated heterocycles. The Balaban J connectivity index is 2.83. The van der Waals surface area contributed by atoms with E-state index in [4.69, 9.17) is 16.3 Å². The quantitative estimate of drug-likeness (QED) is 0.607. The summed E-state index contributed by atoms with van der Waals surface area (Å²) in [5.41, 5.74) is 1.48. The zero-order valence-electron chi connectivity index (χ0n) is 9.30. The van der Waals surface area contributed by atoms with Gasteiger partial charge in [-0.05, 0) is 13.3 Å². The van der Waals surface area contributed by atoms with Crippen molar-refractivity contribution in [1.82, 2.24) is 4.98 Å². The van der Waals surface area contributed by atoms with Gasteiger partial charge in [0, 0.05) is 5.88 Å². The van der Waals surface area contributed by atoms with E-state index in [1.165, 1.54) is 5.51 Å². The molecule has 0 fully saturated rings. The van der Waals surface area contributed by atoms with Gasteiger partial charge < -0.3 is 14.9 Å². The lowest BCUT2D eigenvalue weighted by atomic mass is 10.1. The first-order chi connectivity index (χ1) is 8.11. The highest BCUT2D eigenvalue weighted by atomic mass is 35.5. The van der Waals surface area contributed by atoms with Crippen LogP contribution in [0.25, 0.3) is 0 Å². The van der Waals surface area contributed by atoms with E-state index in [1.54, 1.807) is 6.92 Å². The van der Waals surface area contributed by atoms with E-state index in [1.807, 2.05) is 0 Å². The molecule has 96 valence electrons. The summed E-state index contributed by atoms with van der Waals surface area (Å²) in [6.07, 6.45) is -1.94. The van der Waals surface area contributed by atoms with E-state index >= 15 is 0 Å². The Hall–Kier alpha value is -0.690. The molecule has 0 bridgehead atoms.